The summed E-state index contributed by atoms with van der Waals surface area (Å²) >= 11 is 0. The molecule has 0 saturated heterocycles. The van der Waals surface area contributed by atoms with Crippen molar-refractivity contribution in [2.45, 2.75) is 19.4 Å². The number of aliphatic carboxylic acids is 1. The normalized spacial score (nSPS) is 11.8. The maximum Gasteiger partial charge on any atom is 0.326 e. The van der Waals surface area contributed by atoms with Crippen LogP contribution in [0.5, 0.6) is 0 Å². The fourth-order valence-corrected chi connectivity index (χ4v) is 1.87. The first-order valence-corrected chi connectivity index (χ1v) is 6.26. The van der Waals surface area contributed by atoms with Gasteiger partial charge in [0, 0.05) is 11.6 Å². The van der Waals surface area contributed by atoms with Gasteiger partial charge in [0.05, 0.1) is 11.2 Å². The quantitative estimate of drug-likeness (QED) is 0.796. The van der Waals surface area contributed by atoms with Crippen molar-refractivity contribution in [1.29, 1.82) is 0 Å². The summed E-state index contributed by atoms with van der Waals surface area (Å²) < 4.78 is 0. The molecular weight excluding hydrogens is 258 g/mol. The van der Waals surface area contributed by atoms with Gasteiger partial charge in [-0.15, -0.1) is 0 Å². The largest absolute Gasteiger partial charge is 0.480 e. The maximum atomic E-state index is 11.8. The molecule has 1 aromatic carbocycles. The summed E-state index contributed by atoms with van der Waals surface area (Å²) in [5, 5.41) is 14.8. The van der Waals surface area contributed by atoms with Crippen molar-refractivity contribution in [1.82, 2.24) is 10.3 Å². The highest BCUT2D eigenvalue weighted by atomic mass is 16.4. The zero-order chi connectivity index (χ0) is 14.5. The fourth-order valence-electron chi connectivity index (χ4n) is 1.87. The van der Waals surface area contributed by atoms with Gasteiger partial charge in [-0.1, -0.05) is 13.0 Å². The number of anilines is 1. The number of nitrogens with zero attached hydrogens (tertiary/aromatic N) is 1. The molecule has 0 aliphatic rings. The minimum Gasteiger partial charge on any atom is -0.480 e. The Balaban J connectivity index is 2.16. The molecule has 0 radical (unpaired) electrons. The van der Waals surface area contributed by atoms with Crippen molar-refractivity contribution in [2.24, 2.45) is 0 Å². The van der Waals surface area contributed by atoms with E-state index in [1.807, 2.05) is 12.1 Å². The maximum absolute atomic E-state index is 11.8. The minimum absolute atomic E-state index is 0.319. The van der Waals surface area contributed by atoms with Crippen molar-refractivity contribution >= 4 is 28.6 Å². The Morgan fingerprint density at radius 1 is 1.30 bits per heavy atom. The highest BCUT2D eigenvalue weighted by Crippen LogP contribution is 2.21. The van der Waals surface area contributed by atoms with Gasteiger partial charge in [-0.25, -0.2) is 9.59 Å². The number of amides is 2. The SMILES string of the molecule is CCC(NC(=O)Nc1cccc2ncccc12)C(=O)O. The van der Waals surface area contributed by atoms with Gasteiger partial charge in [0.1, 0.15) is 6.04 Å². The summed E-state index contributed by atoms with van der Waals surface area (Å²) in [5.74, 6) is -1.05. The van der Waals surface area contributed by atoms with Crippen LogP contribution in [0.2, 0.25) is 0 Å². The van der Waals surface area contributed by atoms with E-state index in [4.69, 9.17) is 5.11 Å². The molecular formula is C14H15N3O3. The van der Waals surface area contributed by atoms with E-state index in [1.54, 1.807) is 31.3 Å². The van der Waals surface area contributed by atoms with Crippen molar-refractivity contribution in [3.63, 3.8) is 0 Å². The van der Waals surface area contributed by atoms with Gasteiger partial charge in [0.2, 0.25) is 0 Å². The molecule has 6 nitrogen and oxygen atoms in total. The molecule has 1 atom stereocenters. The van der Waals surface area contributed by atoms with Crippen LogP contribution in [0.15, 0.2) is 36.5 Å². The highest BCUT2D eigenvalue weighted by molar-refractivity contribution is 6.01. The summed E-state index contributed by atoms with van der Waals surface area (Å²) in [6.07, 6.45) is 1.99. The number of nitrogens with one attached hydrogen (secondary N) is 2. The summed E-state index contributed by atoms with van der Waals surface area (Å²) in [4.78, 5) is 26.9. The van der Waals surface area contributed by atoms with E-state index in [0.29, 0.717) is 12.1 Å². The monoisotopic (exact) mass is 273 g/mol. The lowest BCUT2D eigenvalue weighted by atomic mass is 10.2. The number of aromatic nitrogens is 1. The number of hydrogen-bond donors (Lipinski definition) is 3. The van der Waals surface area contributed by atoms with E-state index in [9.17, 15) is 9.59 Å². The molecule has 2 amide bonds. The highest BCUT2D eigenvalue weighted by Gasteiger charge is 2.17. The molecule has 1 unspecified atom stereocenters. The third-order valence-electron chi connectivity index (χ3n) is 2.91. The van der Waals surface area contributed by atoms with E-state index >= 15 is 0 Å². The summed E-state index contributed by atoms with van der Waals surface area (Å²) in [6.45, 7) is 1.70. The Morgan fingerprint density at radius 3 is 2.80 bits per heavy atom. The van der Waals surface area contributed by atoms with Crippen molar-refractivity contribution in [3.8, 4) is 0 Å². The minimum atomic E-state index is -1.05. The molecule has 0 aliphatic heterocycles. The Hall–Kier alpha value is -2.63. The molecule has 2 aromatic rings. The van der Waals surface area contributed by atoms with E-state index in [0.717, 1.165) is 10.9 Å². The van der Waals surface area contributed by atoms with Crippen LogP contribution < -0.4 is 10.6 Å². The van der Waals surface area contributed by atoms with Gasteiger partial charge in [0.25, 0.3) is 0 Å². The van der Waals surface area contributed by atoms with Crippen LogP contribution in [-0.2, 0) is 4.79 Å². The Labute approximate surface area is 115 Å². The van der Waals surface area contributed by atoms with Crippen LogP contribution >= 0.6 is 0 Å². The average molecular weight is 273 g/mol. The van der Waals surface area contributed by atoms with E-state index < -0.39 is 18.0 Å². The predicted molar refractivity (Wildman–Crippen MR) is 75.6 cm³/mol. The number of pyridine rings is 1. The second kappa shape index (κ2) is 6.01. The third-order valence-corrected chi connectivity index (χ3v) is 2.91. The average Bonchev–Trinajstić information content (AvgIpc) is 2.45. The lowest BCUT2D eigenvalue weighted by molar-refractivity contribution is -0.139. The second-order valence-electron chi connectivity index (χ2n) is 4.27. The molecule has 104 valence electrons. The number of urea groups is 1. The molecule has 3 N–H and O–H groups in total. The Morgan fingerprint density at radius 2 is 2.10 bits per heavy atom. The van der Waals surface area contributed by atoms with Gasteiger partial charge >= 0.3 is 12.0 Å². The Bertz CT molecular complexity index is 637. The van der Waals surface area contributed by atoms with Gasteiger partial charge in [-0.3, -0.25) is 4.98 Å². The Kier molecular flexibility index (Phi) is 4.14. The molecule has 1 heterocycles. The molecule has 0 spiro atoms. The van der Waals surface area contributed by atoms with Crippen LogP contribution in [0, 0.1) is 0 Å². The zero-order valence-corrected chi connectivity index (χ0v) is 11.0. The van der Waals surface area contributed by atoms with E-state index in [-0.39, 0.29) is 0 Å². The topological polar surface area (TPSA) is 91.3 Å². The van der Waals surface area contributed by atoms with Crippen LogP contribution in [-0.4, -0.2) is 28.1 Å². The fraction of sp³-hybridized carbons (Fsp3) is 0.214. The van der Waals surface area contributed by atoms with Crippen LogP contribution in [0.4, 0.5) is 10.5 Å². The van der Waals surface area contributed by atoms with Crippen molar-refractivity contribution in [2.75, 3.05) is 5.32 Å². The molecule has 0 bridgehead atoms. The van der Waals surface area contributed by atoms with Crippen LogP contribution in [0.1, 0.15) is 13.3 Å². The molecule has 20 heavy (non-hydrogen) atoms. The molecule has 0 aliphatic carbocycles. The zero-order valence-electron chi connectivity index (χ0n) is 11.0. The van der Waals surface area contributed by atoms with Crippen molar-refractivity contribution < 1.29 is 14.7 Å². The molecule has 1 aromatic heterocycles. The number of hydrogen-bond acceptors (Lipinski definition) is 3. The third kappa shape index (κ3) is 3.03. The first-order chi connectivity index (χ1) is 9.61. The first-order valence-electron chi connectivity index (χ1n) is 6.26. The van der Waals surface area contributed by atoms with Gasteiger partial charge < -0.3 is 15.7 Å². The lowest BCUT2D eigenvalue weighted by Crippen LogP contribution is -2.42. The summed E-state index contributed by atoms with van der Waals surface area (Å²) in [6, 6.07) is 7.53. The number of fused-ring (bicyclic) bond motifs is 1. The van der Waals surface area contributed by atoms with Crippen LogP contribution in [0.3, 0.4) is 0 Å². The standard InChI is InChI=1S/C14H15N3O3/c1-2-10(13(18)19)16-14(20)17-12-7-3-6-11-9(12)5-4-8-15-11/h3-8,10H,2H2,1H3,(H,18,19)(H2,16,17,20). The smallest absolute Gasteiger partial charge is 0.326 e. The number of rotatable bonds is 4. The summed E-state index contributed by atoms with van der Waals surface area (Å²) in [7, 11) is 0. The molecule has 6 heteroatoms. The number of carboxylic acids is 1. The first kappa shape index (κ1) is 13.8. The molecule has 2 rings (SSSR count). The lowest BCUT2D eigenvalue weighted by Gasteiger charge is -2.14. The number of benzene rings is 1. The van der Waals surface area contributed by atoms with Crippen molar-refractivity contribution in [3.05, 3.63) is 36.5 Å². The second-order valence-corrected chi connectivity index (χ2v) is 4.27. The van der Waals surface area contributed by atoms with Crippen LogP contribution in [0.25, 0.3) is 10.9 Å². The summed E-state index contributed by atoms with van der Waals surface area (Å²) in [5.41, 5.74) is 1.35. The van der Waals surface area contributed by atoms with E-state index in [2.05, 4.69) is 15.6 Å². The predicted octanol–water partition coefficient (Wildman–Crippen LogP) is 2.22. The van der Waals surface area contributed by atoms with Gasteiger partial charge in [-0.2, -0.15) is 0 Å². The molecule has 0 fully saturated rings. The molecule has 0 saturated carbocycles. The number of carbonyl (C=O) groups is 2. The van der Waals surface area contributed by atoms with Gasteiger partial charge in [-0.05, 0) is 30.7 Å². The van der Waals surface area contributed by atoms with Gasteiger partial charge in [0.15, 0.2) is 0 Å². The van der Waals surface area contributed by atoms with E-state index in [1.165, 1.54) is 0 Å². The number of carboxylic acid groups (broad SMARTS) is 1. The number of carbonyl (C=O) groups excluding carboxylic acids is 1.